The second kappa shape index (κ2) is 6.62. The number of aromatic carboxylic acids is 1. The molecule has 0 aromatic heterocycles. The lowest BCUT2D eigenvalue weighted by atomic mass is 10.1. The Morgan fingerprint density at radius 1 is 1.43 bits per heavy atom. The van der Waals surface area contributed by atoms with Gasteiger partial charge in [-0.3, -0.25) is 0 Å². The Hall–Kier alpha value is -0.670. The third-order valence-corrected chi connectivity index (χ3v) is 6.21. The third kappa shape index (κ3) is 4.17. The third-order valence-electron chi connectivity index (χ3n) is 3.84. The van der Waals surface area contributed by atoms with Gasteiger partial charge in [-0.15, -0.1) is 0 Å². The molecule has 7 heteroatoms. The van der Waals surface area contributed by atoms with E-state index >= 15 is 0 Å². The van der Waals surface area contributed by atoms with Gasteiger partial charge in [-0.25, -0.2) is 17.9 Å². The van der Waals surface area contributed by atoms with E-state index in [2.05, 4.69) is 11.6 Å². The quantitative estimate of drug-likeness (QED) is 0.714. The summed E-state index contributed by atoms with van der Waals surface area (Å²) in [5.41, 5.74) is 0.00737. The van der Waals surface area contributed by atoms with Crippen molar-refractivity contribution in [2.24, 2.45) is 11.8 Å². The second-order valence-corrected chi connectivity index (χ2v) is 8.51. The van der Waals surface area contributed by atoms with E-state index in [4.69, 9.17) is 5.11 Å². The number of halogens is 1. The lowest BCUT2D eigenvalue weighted by molar-refractivity contribution is 0.0695. The van der Waals surface area contributed by atoms with E-state index in [1.165, 1.54) is 18.2 Å². The zero-order chi connectivity index (χ0) is 15.6. The van der Waals surface area contributed by atoms with Crippen LogP contribution in [-0.4, -0.2) is 26.0 Å². The largest absolute Gasteiger partial charge is 0.478 e. The zero-order valence-electron chi connectivity index (χ0n) is 11.7. The summed E-state index contributed by atoms with van der Waals surface area (Å²) < 4.78 is 27.6. The van der Waals surface area contributed by atoms with Gasteiger partial charge in [-0.1, -0.05) is 13.3 Å². The molecule has 1 fully saturated rings. The van der Waals surface area contributed by atoms with E-state index < -0.39 is 16.0 Å². The average molecular weight is 423 g/mol. The first-order valence-corrected chi connectivity index (χ1v) is 9.38. The molecule has 2 rings (SSSR count). The fourth-order valence-corrected chi connectivity index (χ4v) is 4.36. The summed E-state index contributed by atoms with van der Waals surface area (Å²) >= 11 is 1.88. The van der Waals surface area contributed by atoms with Gasteiger partial charge in [0, 0.05) is 10.1 Å². The predicted molar refractivity (Wildman–Crippen MR) is 87.8 cm³/mol. The van der Waals surface area contributed by atoms with Crippen LogP contribution in [-0.2, 0) is 10.0 Å². The molecule has 2 atom stereocenters. The van der Waals surface area contributed by atoms with Crippen molar-refractivity contribution in [2.75, 3.05) is 6.54 Å². The van der Waals surface area contributed by atoms with E-state index in [1.807, 2.05) is 22.6 Å². The summed E-state index contributed by atoms with van der Waals surface area (Å²) in [6.07, 6.45) is 3.21. The van der Waals surface area contributed by atoms with Gasteiger partial charge >= 0.3 is 5.97 Å². The predicted octanol–water partition coefficient (Wildman–Crippen LogP) is 2.70. The maximum Gasteiger partial charge on any atom is 0.336 e. The van der Waals surface area contributed by atoms with Crippen LogP contribution in [0.15, 0.2) is 23.1 Å². The highest BCUT2D eigenvalue weighted by molar-refractivity contribution is 14.1. The van der Waals surface area contributed by atoms with Crippen molar-refractivity contribution in [3.05, 3.63) is 27.3 Å². The van der Waals surface area contributed by atoms with Gasteiger partial charge in [0.1, 0.15) is 0 Å². The minimum Gasteiger partial charge on any atom is -0.478 e. The topological polar surface area (TPSA) is 83.5 Å². The highest BCUT2D eigenvalue weighted by atomic mass is 127. The summed E-state index contributed by atoms with van der Waals surface area (Å²) in [4.78, 5) is 11.1. The standard InChI is InChI=1S/C14H18INO4S/c1-9-2-3-10(6-9)8-16-21(19,20)11-4-5-13(15)12(7-11)14(17)18/h4-5,7,9-10,16H,2-3,6,8H2,1H3,(H,17,18). The fraction of sp³-hybridized carbons (Fsp3) is 0.500. The molecule has 0 heterocycles. The molecule has 21 heavy (non-hydrogen) atoms. The summed E-state index contributed by atoms with van der Waals surface area (Å²) in [6, 6.07) is 4.16. The van der Waals surface area contributed by atoms with Crippen LogP contribution < -0.4 is 4.72 Å². The number of hydrogen-bond donors (Lipinski definition) is 2. The van der Waals surface area contributed by atoms with Gasteiger partial charge in [0.05, 0.1) is 10.5 Å². The highest BCUT2D eigenvalue weighted by Crippen LogP contribution is 2.30. The molecule has 0 bridgehead atoms. The molecule has 0 radical (unpaired) electrons. The molecule has 0 aliphatic heterocycles. The number of carboxylic acids is 1. The molecule has 0 amide bonds. The summed E-state index contributed by atoms with van der Waals surface area (Å²) in [7, 11) is -3.65. The lowest BCUT2D eigenvalue weighted by Crippen LogP contribution is -2.28. The number of nitrogens with one attached hydrogen (secondary N) is 1. The normalized spacial score (nSPS) is 22.4. The monoisotopic (exact) mass is 423 g/mol. The van der Waals surface area contributed by atoms with Gasteiger partial charge in [0.15, 0.2) is 0 Å². The first-order valence-electron chi connectivity index (χ1n) is 6.82. The van der Waals surface area contributed by atoms with Crippen molar-refractivity contribution >= 4 is 38.6 Å². The lowest BCUT2D eigenvalue weighted by Gasteiger charge is -2.12. The number of rotatable bonds is 5. The van der Waals surface area contributed by atoms with Crippen molar-refractivity contribution in [3.63, 3.8) is 0 Å². The SMILES string of the molecule is CC1CCC(CNS(=O)(=O)c2ccc(I)c(C(=O)O)c2)C1. The number of hydrogen-bond acceptors (Lipinski definition) is 3. The van der Waals surface area contributed by atoms with E-state index in [0.717, 1.165) is 19.3 Å². The van der Waals surface area contributed by atoms with E-state index in [-0.39, 0.29) is 10.5 Å². The molecule has 116 valence electrons. The Balaban J connectivity index is 2.12. The van der Waals surface area contributed by atoms with Crippen LogP contribution in [0, 0.1) is 15.4 Å². The number of carboxylic acid groups (broad SMARTS) is 1. The molecule has 2 N–H and O–H groups in total. The van der Waals surface area contributed by atoms with Crippen LogP contribution in [0.4, 0.5) is 0 Å². The molecule has 1 saturated carbocycles. The molecule has 5 nitrogen and oxygen atoms in total. The number of carbonyl (C=O) groups is 1. The van der Waals surface area contributed by atoms with Crippen molar-refractivity contribution < 1.29 is 18.3 Å². The Bertz CT molecular complexity index is 644. The van der Waals surface area contributed by atoms with Crippen molar-refractivity contribution in [1.29, 1.82) is 0 Å². The van der Waals surface area contributed by atoms with Crippen LogP contribution in [0.2, 0.25) is 0 Å². The van der Waals surface area contributed by atoms with Crippen LogP contribution in [0.3, 0.4) is 0 Å². The van der Waals surface area contributed by atoms with E-state index in [9.17, 15) is 13.2 Å². The first kappa shape index (κ1) is 16.7. The van der Waals surface area contributed by atoms with Crippen LogP contribution >= 0.6 is 22.6 Å². The highest BCUT2D eigenvalue weighted by Gasteiger charge is 2.24. The first-order chi connectivity index (χ1) is 9.79. The minimum atomic E-state index is -3.65. The molecule has 1 aliphatic carbocycles. The second-order valence-electron chi connectivity index (χ2n) is 5.58. The molecule has 0 saturated heterocycles. The molecule has 0 spiro atoms. The summed E-state index contributed by atoms with van der Waals surface area (Å²) in [6.45, 7) is 2.59. The van der Waals surface area contributed by atoms with Gasteiger partial charge < -0.3 is 5.11 Å². The number of sulfonamides is 1. The molecule has 1 aliphatic rings. The molecule has 1 aromatic rings. The van der Waals surface area contributed by atoms with Crippen molar-refractivity contribution in [2.45, 2.75) is 31.1 Å². The smallest absolute Gasteiger partial charge is 0.336 e. The number of benzene rings is 1. The molecular weight excluding hydrogens is 405 g/mol. The van der Waals surface area contributed by atoms with Crippen LogP contribution in [0.5, 0.6) is 0 Å². The zero-order valence-corrected chi connectivity index (χ0v) is 14.6. The molecule has 2 unspecified atom stereocenters. The average Bonchev–Trinajstić information content (AvgIpc) is 2.82. The van der Waals surface area contributed by atoms with Gasteiger partial charge in [-0.05, 0) is 65.5 Å². The Kier molecular flexibility index (Phi) is 5.26. The van der Waals surface area contributed by atoms with Gasteiger partial charge in [0.25, 0.3) is 0 Å². The molecule has 1 aromatic carbocycles. The minimum absolute atomic E-state index is 0.00589. The van der Waals surface area contributed by atoms with Crippen molar-refractivity contribution in [3.8, 4) is 0 Å². The van der Waals surface area contributed by atoms with E-state index in [1.54, 1.807) is 0 Å². The summed E-state index contributed by atoms with van der Waals surface area (Å²) in [5.74, 6) is -0.102. The Morgan fingerprint density at radius 3 is 2.71 bits per heavy atom. The summed E-state index contributed by atoms with van der Waals surface area (Å²) in [5, 5.41) is 9.07. The van der Waals surface area contributed by atoms with Gasteiger partial charge in [0.2, 0.25) is 10.0 Å². The Morgan fingerprint density at radius 2 is 2.14 bits per heavy atom. The van der Waals surface area contributed by atoms with Crippen LogP contribution in [0.1, 0.15) is 36.5 Å². The van der Waals surface area contributed by atoms with Crippen molar-refractivity contribution in [1.82, 2.24) is 4.72 Å². The maximum absolute atomic E-state index is 12.3. The molecular formula is C14H18INO4S. The Labute approximate surface area is 138 Å². The van der Waals surface area contributed by atoms with Crippen LogP contribution in [0.25, 0.3) is 0 Å². The fourth-order valence-electron chi connectivity index (χ4n) is 2.66. The maximum atomic E-state index is 12.3. The van der Waals surface area contributed by atoms with Gasteiger partial charge in [-0.2, -0.15) is 0 Å². The van der Waals surface area contributed by atoms with E-state index in [0.29, 0.717) is 22.0 Å².